The second-order valence-electron chi connectivity index (χ2n) is 6.50. The number of carbonyl (C=O) groups excluding carboxylic acids is 3. The molecular formula is C19H16N2O8S. The number of fused-ring (bicyclic) bond motifs is 1. The maximum Gasteiger partial charge on any atom is 0.445 e. The summed E-state index contributed by atoms with van der Waals surface area (Å²) in [5.74, 6) is -0.641. The fraction of sp³-hybridized carbons (Fsp3) is 0.211. The van der Waals surface area contributed by atoms with Crippen LogP contribution in [0.25, 0.3) is 0 Å². The van der Waals surface area contributed by atoms with Crippen LogP contribution < -0.4 is 14.4 Å². The summed E-state index contributed by atoms with van der Waals surface area (Å²) in [6, 6.07) is 14.7. The molecule has 2 aromatic carbocycles. The van der Waals surface area contributed by atoms with E-state index in [9.17, 15) is 22.8 Å². The molecule has 2 heterocycles. The Morgan fingerprint density at radius 2 is 1.77 bits per heavy atom. The van der Waals surface area contributed by atoms with Crippen LogP contribution in [0.1, 0.15) is 5.56 Å². The third-order valence-corrected chi connectivity index (χ3v) is 5.98. The van der Waals surface area contributed by atoms with E-state index < -0.39 is 46.1 Å². The average Bonchev–Trinajstić information content (AvgIpc) is 3.09. The summed E-state index contributed by atoms with van der Waals surface area (Å²) < 4.78 is 42.3. The van der Waals surface area contributed by atoms with Gasteiger partial charge in [-0.25, -0.2) is 9.59 Å². The van der Waals surface area contributed by atoms with E-state index >= 15 is 0 Å². The van der Waals surface area contributed by atoms with E-state index in [-0.39, 0.29) is 18.0 Å². The molecule has 2 aliphatic rings. The third-order valence-electron chi connectivity index (χ3n) is 4.51. The summed E-state index contributed by atoms with van der Waals surface area (Å²) in [6.45, 7) is -0.651. The predicted molar refractivity (Wildman–Crippen MR) is 102 cm³/mol. The van der Waals surface area contributed by atoms with Crippen molar-refractivity contribution in [3.8, 4) is 5.75 Å². The highest BCUT2D eigenvalue weighted by molar-refractivity contribution is 8.06. The van der Waals surface area contributed by atoms with Gasteiger partial charge < -0.3 is 14.2 Å². The molecule has 0 aliphatic carbocycles. The van der Waals surface area contributed by atoms with Crippen LogP contribution in [0, 0.1) is 0 Å². The van der Waals surface area contributed by atoms with Crippen LogP contribution in [-0.4, -0.2) is 44.5 Å². The molecule has 156 valence electrons. The Hall–Kier alpha value is -3.60. The van der Waals surface area contributed by atoms with Gasteiger partial charge in [0.2, 0.25) is 6.10 Å². The first-order chi connectivity index (χ1) is 14.4. The van der Waals surface area contributed by atoms with E-state index in [1.165, 1.54) is 12.1 Å². The maximum absolute atomic E-state index is 13.0. The van der Waals surface area contributed by atoms with Crippen LogP contribution in [-0.2, 0) is 30.9 Å². The molecular weight excluding hydrogens is 416 g/mol. The van der Waals surface area contributed by atoms with Crippen molar-refractivity contribution in [3.63, 3.8) is 0 Å². The number of nitrogens with one attached hydrogen (secondary N) is 1. The van der Waals surface area contributed by atoms with E-state index in [1.807, 2.05) is 5.32 Å². The number of amides is 2. The molecule has 11 heteroatoms. The molecule has 1 saturated heterocycles. The number of benzene rings is 2. The first-order valence-corrected chi connectivity index (χ1v) is 10.3. The van der Waals surface area contributed by atoms with Crippen LogP contribution >= 0.6 is 0 Å². The molecule has 1 N–H and O–H groups in total. The number of ether oxygens (including phenoxy) is 3. The number of para-hydroxylation sites is 2. The number of imide groups is 1. The topological polar surface area (TPSA) is 128 Å². The molecule has 1 fully saturated rings. The van der Waals surface area contributed by atoms with Crippen LogP contribution in [0.15, 0.2) is 54.6 Å². The zero-order valence-corrected chi connectivity index (χ0v) is 16.2. The van der Waals surface area contributed by atoms with Gasteiger partial charge in [0.1, 0.15) is 12.4 Å². The van der Waals surface area contributed by atoms with E-state index in [2.05, 4.69) is 0 Å². The summed E-state index contributed by atoms with van der Waals surface area (Å²) >= 11 is 0. The summed E-state index contributed by atoms with van der Waals surface area (Å²) in [4.78, 5) is 35.7. The fourth-order valence-corrected chi connectivity index (χ4v) is 4.25. The molecule has 30 heavy (non-hydrogen) atoms. The number of sulfonamides is 1. The SMILES string of the molecule is O=C1NC(=O)C([C@H]2CN(S(=O)(=O)C(=O)OCc3ccccc3)c3ccccc3O2)O1. The van der Waals surface area contributed by atoms with Crippen LogP contribution in [0.3, 0.4) is 0 Å². The standard InChI is InChI=1S/C19H16N2O8S/c22-17-16(29-18(23)20-17)15-10-21(13-8-4-5-9-14(13)28-15)30(25,26)19(24)27-11-12-6-2-1-3-7-12/h1-9,15-16H,10-11H2,(H,20,22,23)/t15-,16?/m1/s1. The number of alkyl carbamates (subject to hydrolysis) is 1. The van der Waals surface area contributed by atoms with E-state index in [1.54, 1.807) is 42.5 Å². The summed E-state index contributed by atoms with van der Waals surface area (Å²) in [5, 5.41) is 0.514. The molecule has 2 atom stereocenters. The minimum atomic E-state index is -4.62. The van der Waals surface area contributed by atoms with Gasteiger partial charge in [-0.2, -0.15) is 8.42 Å². The Morgan fingerprint density at radius 1 is 1.07 bits per heavy atom. The van der Waals surface area contributed by atoms with Gasteiger partial charge in [-0.05, 0) is 17.7 Å². The summed E-state index contributed by atoms with van der Waals surface area (Å²) in [5.41, 5.74) is 0.728. The minimum absolute atomic E-state index is 0.107. The Morgan fingerprint density at radius 3 is 2.47 bits per heavy atom. The van der Waals surface area contributed by atoms with Crippen molar-refractivity contribution in [1.29, 1.82) is 0 Å². The van der Waals surface area contributed by atoms with Gasteiger partial charge in [0.25, 0.3) is 5.91 Å². The molecule has 1 unspecified atom stereocenters. The van der Waals surface area contributed by atoms with Gasteiger partial charge in [0.15, 0.2) is 6.10 Å². The van der Waals surface area contributed by atoms with Gasteiger partial charge in [0, 0.05) is 0 Å². The maximum atomic E-state index is 13.0. The molecule has 2 aromatic rings. The molecule has 0 radical (unpaired) electrons. The second kappa shape index (κ2) is 7.67. The normalized spacial score (nSPS) is 20.6. The molecule has 2 amide bonds. The lowest BCUT2D eigenvalue weighted by Crippen LogP contribution is -2.52. The van der Waals surface area contributed by atoms with Crippen LogP contribution in [0.2, 0.25) is 0 Å². The first kappa shape index (κ1) is 19.7. The van der Waals surface area contributed by atoms with Gasteiger partial charge >= 0.3 is 21.4 Å². The van der Waals surface area contributed by atoms with Crippen molar-refractivity contribution in [2.75, 3.05) is 10.8 Å². The smallest absolute Gasteiger partial charge is 0.445 e. The third kappa shape index (κ3) is 3.66. The number of anilines is 1. The average molecular weight is 432 g/mol. The second-order valence-corrected chi connectivity index (χ2v) is 8.22. The van der Waals surface area contributed by atoms with Crippen molar-refractivity contribution in [2.45, 2.75) is 18.8 Å². The molecule has 0 aromatic heterocycles. The quantitative estimate of drug-likeness (QED) is 0.721. The highest BCUT2D eigenvalue weighted by Gasteiger charge is 2.47. The number of hydrogen-bond acceptors (Lipinski definition) is 8. The van der Waals surface area contributed by atoms with E-state index in [4.69, 9.17) is 14.2 Å². The van der Waals surface area contributed by atoms with Gasteiger partial charge in [-0.3, -0.25) is 14.4 Å². The molecule has 4 rings (SSSR count). The lowest BCUT2D eigenvalue weighted by atomic mass is 10.1. The van der Waals surface area contributed by atoms with E-state index in [0.717, 1.165) is 4.31 Å². The van der Waals surface area contributed by atoms with Crippen molar-refractivity contribution in [3.05, 3.63) is 60.2 Å². The summed E-state index contributed by atoms with van der Waals surface area (Å²) in [7, 11) is -4.62. The zero-order valence-electron chi connectivity index (χ0n) is 15.4. The number of cyclic esters (lactones) is 1. The highest BCUT2D eigenvalue weighted by atomic mass is 32.2. The number of carbonyl (C=O) groups is 3. The molecule has 2 aliphatic heterocycles. The highest BCUT2D eigenvalue weighted by Crippen LogP contribution is 2.36. The van der Waals surface area contributed by atoms with Crippen LogP contribution in [0.4, 0.5) is 15.3 Å². The van der Waals surface area contributed by atoms with Crippen LogP contribution in [0.5, 0.6) is 5.75 Å². The number of hydrogen-bond donors (Lipinski definition) is 1. The Balaban J connectivity index is 1.59. The Labute approximate surface area is 171 Å². The minimum Gasteiger partial charge on any atom is -0.482 e. The lowest BCUT2D eigenvalue weighted by molar-refractivity contribution is -0.126. The zero-order chi connectivity index (χ0) is 21.3. The molecule has 0 bridgehead atoms. The largest absolute Gasteiger partial charge is 0.482 e. The monoisotopic (exact) mass is 432 g/mol. The summed E-state index contributed by atoms with van der Waals surface area (Å²) in [6.07, 6.45) is -3.46. The van der Waals surface area contributed by atoms with Crippen molar-refractivity contribution >= 4 is 33.0 Å². The molecule has 0 spiro atoms. The van der Waals surface area contributed by atoms with Crippen molar-refractivity contribution in [2.24, 2.45) is 0 Å². The lowest BCUT2D eigenvalue weighted by Gasteiger charge is -2.35. The Bertz CT molecular complexity index is 1100. The first-order valence-electron chi connectivity index (χ1n) is 8.87. The Kier molecular flexibility index (Phi) is 5.04. The predicted octanol–water partition coefficient (Wildman–Crippen LogP) is 1.56. The van der Waals surface area contributed by atoms with E-state index in [0.29, 0.717) is 5.56 Å². The number of nitrogens with zero attached hydrogens (tertiary/aromatic N) is 1. The fourth-order valence-electron chi connectivity index (χ4n) is 3.11. The molecule has 0 saturated carbocycles. The van der Waals surface area contributed by atoms with Crippen molar-refractivity contribution < 1.29 is 37.0 Å². The van der Waals surface area contributed by atoms with Crippen molar-refractivity contribution in [1.82, 2.24) is 5.32 Å². The van der Waals surface area contributed by atoms with Gasteiger partial charge in [-0.1, -0.05) is 42.5 Å². The van der Waals surface area contributed by atoms with Gasteiger partial charge in [0.05, 0.1) is 12.2 Å². The number of rotatable bonds is 4. The molecule has 10 nitrogen and oxygen atoms in total. The van der Waals surface area contributed by atoms with Gasteiger partial charge in [-0.15, -0.1) is 0 Å².